The highest BCUT2D eigenvalue weighted by atomic mass is 79.9. The van der Waals surface area contributed by atoms with Gasteiger partial charge in [0.15, 0.2) is 5.78 Å². The van der Waals surface area contributed by atoms with Gasteiger partial charge in [0.05, 0.1) is 12.7 Å². The van der Waals surface area contributed by atoms with E-state index in [9.17, 15) is 22.8 Å². The molecule has 0 spiro atoms. The summed E-state index contributed by atoms with van der Waals surface area (Å²) in [4.78, 5) is 22.8. The number of rotatable bonds is 3. The molecule has 0 bridgehead atoms. The topological polar surface area (TPSA) is 43.4 Å². The fourth-order valence-electron chi connectivity index (χ4n) is 1.31. The standard InChI is InChI=1S/C11H8BrF3O3/c1-18-10(17)7-3-2-6(12)4-8(7)9(16)5-11(13,14)15/h2-4H,5H2,1H3. The summed E-state index contributed by atoms with van der Waals surface area (Å²) in [6, 6.07) is 3.84. The van der Waals surface area contributed by atoms with Crippen LogP contribution in [0.1, 0.15) is 27.1 Å². The summed E-state index contributed by atoms with van der Waals surface area (Å²) < 4.78 is 41.3. The van der Waals surface area contributed by atoms with Crippen LogP contribution in [-0.2, 0) is 4.74 Å². The van der Waals surface area contributed by atoms with Crippen molar-refractivity contribution in [2.75, 3.05) is 7.11 Å². The number of ketones is 1. The number of methoxy groups -OCH3 is 1. The van der Waals surface area contributed by atoms with Crippen LogP contribution in [0.4, 0.5) is 13.2 Å². The first-order valence-electron chi connectivity index (χ1n) is 4.72. The summed E-state index contributed by atoms with van der Waals surface area (Å²) in [5, 5.41) is 0. The zero-order valence-corrected chi connectivity index (χ0v) is 10.8. The van der Waals surface area contributed by atoms with E-state index < -0.39 is 24.3 Å². The van der Waals surface area contributed by atoms with E-state index in [2.05, 4.69) is 20.7 Å². The Morgan fingerprint density at radius 3 is 2.39 bits per heavy atom. The maximum Gasteiger partial charge on any atom is 0.396 e. The van der Waals surface area contributed by atoms with Crippen LogP contribution in [0.3, 0.4) is 0 Å². The fourth-order valence-corrected chi connectivity index (χ4v) is 1.67. The Labute approximate surface area is 109 Å². The average molecular weight is 325 g/mol. The third kappa shape index (κ3) is 3.83. The van der Waals surface area contributed by atoms with E-state index >= 15 is 0 Å². The lowest BCUT2D eigenvalue weighted by atomic mass is 10.0. The molecule has 0 fully saturated rings. The molecule has 1 aromatic rings. The molecule has 1 aromatic carbocycles. The number of hydrogen-bond donors (Lipinski definition) is 0. The molecule has 0 amide bonds. The lowest BCUT2D eigenvalue weighted by molar-refractivity contribution is -0.125. The maximum atomic E-state index is 12.2. The highest BCUT2D eigenvalue weighted by Crippen LogP contribution is 2.25. The summed E-state index contributed by atoms with van der Waals surface area (Å²) in [6.45, 7) is 0. The van der Waals surface area contributed by atoms with Crippen LogP contribution >= 0.6 is 15.9 Å². The number of alkyl halides is 3. The number of ether oxygens (including phenoxy) is 1. The Morgan fingerprint density at radius 2 is 1.89 bits per heavy atom. The quantitative estimate of drug-likeness (QED) is 0.632. The number of benzene rings is 1. The van der Waals surface area contributed by atoms with Crippen LogP contribution in [0, 0.1) is 0 Å². The molecule has 98 valence electrons. The molecule has 0 saturated carbocycles. The summed E-state index contributed by atoms with van der Waals surface area (Å²) in [5.74, 6) is -2.03. The Kier molecular flexibility index (Phi) is 4.50. The minimum Gasteiger partial charge on any atom is -0.465 e. The molecule has 0 unspecified atom stereocenters. The van der Waals surface area contributed by atoms with Crippen LogP contribution < -0.4 is 0 Å². The van der Waals surface area contributed by atoms with Gasteiger partial charge in [-0.05, 0) is 18.2 Å². The van der Waals surface area contributed by atoms with Crippen molar-refractivity contribution in [2.24, 2.45) is 0 Å². The maximum absolute atomic E-state index is 12.2. The predicted octanol–water partition coefficient (Wildman–Crippen LogP) is 3.37. The summed E-state index contributed by atoms with van der Waals surface area (Å²) in [6.07, 6.45) is -6.24. The Bertz CT molecular complexity index is 483. The summed E-state index contributed by atoms with van der Waals surface area (Å²) >= 11 is 3.03. The second-order valence-corrected chi connectivity index (χ2v) is 4.31. The van der Waals surface area contributed by atoms with E-state index in [1.54, 1.807) is 0 Å². The van der Waals surface area contributed by atoms with Gasteiger partial charge in [0.1, 0.15) is 6.42 Å². The molecule has 0 atom stereocenters. The summed E-state index contributed by atoms with van der Waals surface area (Å²) in [7, 11) is 1.09. The molecule has 1 rings (SSSR count). The first kappa shape index (κ1) is 14.7. The number of carbonyl (C=O) groups excluding carboxylic acids is 2. The molecule has 0 radical (unpaired) electrons. The van der Waals surface area contributed by atoms with E-state index in [1.807, 2.05) is 0 Å². The van der Waals surface area contributed by atoms with Crippen LogP contribution in [0.5, 0.6) is 0 Å². The molecule has 0 aromatic heterocycles. The van der Waals surface area contributed by atoms with Crippen molar-refractivity contribution in [2.45, 2.75) is 12.6 Å². The molecular formula is C11H8BrF3O3. The minimum atomic E-state index is -4.62. The lowest BCUT2D eigenvalue weighted by Gasteiger charge is -2.09. The predicted molar refractivity (Wildman–Crippen MR) is 60.5 cm³/mol. The van der Waals surface area contributed by atoms with Crippen LogP contribution in [0.15, 0.2) is 22.7 Å². The summed E-state index contributed by atoms with van der Waals surface area (Å²) in [5.41, 5.74) is -0.497. The third-order valence-electron chi connectivity index (χ3n) is 2.05. The third-order valence-corrected chi connectivity index (χ3v) is 2.54. The smallest absolute Gasteiger partial charge is 0.396 e. The molecule has 7 heteroatoms. The largest absolute Gasteiger partial charge is 0.465 e. The van der Waals surface area contributed by atoms with E-state index in [4.69, 9.17) is 0 Å². The number of carbonyl (C=O) groups is 2. The lowest BCUT2D eigenvalue weighted by Crippen LogP contribution is -2.18. The first-order valence-corrected chi connectivity index (χ1v) is 5.51. The molecule has 18 heavy (non-hydrogen) atoms. The van der Waals surface area contributed by atoms with Gasteiger partial charge in [-0.2, -0.15) is 13.2 Å². The van der Waals surface area contributed by atoms with Gasteiger partial charge in [0.2, 0.25) is 0 Å². The monoisotopic (exact) mass is 324 g/mol. The minimum absolute atomic E-state index is 0.185. The highest BCUT2D eigenvalue weighted by Gasteiger charge is 2.33. The number of hydrogen-bond acceptors (Lipinski definition) is 3. The van der Waals surface area contributed by atoms with Crippen LogP contribution in [0.25, 0.3) is 0 Å². The van der Waals surface area contributed by atoms with E-state index in [1.165, 1.54) is 18.2 Å². The molecular weight excluding hydrogens is 317 g/mol. The van der Waals surface area contributed by atoms with Crippen molar-refractivity contribution in [3.8, 4) is 0 Å². The van der Waals surface area contributed by atoms with Gasteiger partial charge < -0.3 is 4.74 Å². The normalized spacial score (nSPS) is 11.2. The second-order valence-electron chi connectivity index (χ2n) is 3.40. The van der Waals surface area contributed by atoms with Crippen LogP contribution in [0.2, 0.25) is 0 Å². The van der Waals surface area contributed by atoms with Crippen molar-refractivity contribution >= 4 is 27.7 Å². The van der Waals surface area contributed by atoms with Gasteiger partial charge in [0.25, 0.3) is 0 Å². The van der Waals surface area contributed by atoms with Gasteiger partial charge in [-0.25, -0.2) is 4.79 Å². The van der Waals surface area contributed by atoms with Gasteiger partial charge in [0, 0.05) is 10.0 Å². The molecule has 0 aliphatic carbocycles. The molecule has 3 nitrogen and oxygen atoms in total. The zero-order valence-electron chi connectivity index (χ0n) is 9.18. The van der Waals surface area contributed by atoms with E-state index in [-0.39, 0.29) is 11.1 Å². The van der Waals surface area contributed by atoms with Gasteiger partial charge in [-0.15, -0.1) is 0 Å². The number of esters is 1. The van der Waals surface area contributed by atoms with Crippen molar-refractivity contribution < 1.29 is 27.5 Å². The highest BCUT2D eigenvalue weighted by molar-refractivity contribution is 9.10. The second kappa shape index (κ2) is 5.51. The molecule has 0 N–H and O–H groups in total. The number of Topliss-reactive ketones (excluding diaryl/α,β-unsaturated/α-hetero) is 1. The average Bonchev–Trinajstić information content (AvgIpc) is 2.25. The zero-order chi connectivity index (χ0) is 13.9. The Balaban J connectivity index is 3.17. The van der Waals surface area contributed by atoms with E-state index in [0.29, 0.717) is 4.47 Å². The van der Waals surface area contributed by atoms with Gasteiger partial charge >= 0.3 is 12.1 Å². The van der Waals surface area contributed by atoms with Crippen molar-refractivity contribution in [1.29, 1.82) is 0 Å². The SMILES string of the molecule is COC(=O)c1ccc(Br)cc1C(=O)CC(F)(F)F. The van der Waals surface area contributed by atoms with Crippen LogP contribution in [-0.4, -0.2) is 25.0 Å². The number of halogens is 4. The fraction of sp³-hybridized carbons (Fsp3) is 0.273. The molecule has 0 aliphatic rings. The van der Waals surface area contributed by atoms with Crippen molar-refractivity contribution in [3.63, 3.8) is 0 Å². The first-order chi connectivity index (χ1) is 8.24. The molecule has 0 saturated heterocycles. The van der Waals surface area contributed by atoms with Gasteiger partial charge in [-0.1, -0.05) is 15.9 Å². The Morgan fingerprint density at radius 1 is 1.28 bits per heavy atom. The Hall–Kier alpha value is -1.37. The molecule has 0 aliphatic heterocycles. The van der Waals surface area contributed by atoms with Crippen molar-refractivity contribution in [1.82, 2.24) is 0 Å². The van der Waals surface area contributed by atoms with Crippen molar-refractivity contribution in [3.05, 3.63) is 33.8 Å². The van der Waals surface area contributed by atoms with Gasteiger partial charge in [-0.3, -0.25) is 4.79 Å². The molecule has 0 heterocycles. The van der Waals surface area contributed by atoms with E-state index in [0.717, 1.165) is 7.11 Å².